The van der Waals surface area contributed by atoms with Crippen LogP contribution in [0.2, 0.25) is 0 Å². The minimum Gasteiger partial charge on any atom is -0.442 e. The molecule has 3 heterocycles. The Morgan fingerprint density at radius 2 is 2.06 bits per heavy atom. The van der Waals surface area contributed by atoms with Gasteiger partial charge in [0.25, 0.3) is 5.91 Å². The summed E-state index contributed by atoms with van der Waals surface area (Å²) < 4.78 is 49.6. The number of alkyl halides is 2. The van der Waals surface area contributed by atoms with Crippen LogP contribution in [-0.4, -0.2) is 79.9 Å². The highest BCUT2D eigenvalue weighted by Crippen LogP contribution is 2.28. The molecule has 188 valence electrons. The molecule has 15 heteroatoms. The lowest BCUT2D eigenvalue weighted by molar-refractivity contribution is -0.132. The topological polar surface area (TPSA) is 129 Å². The van der Waals surface area contributed by atoms with Crippen LogP contribution in [0, 0.1) is 5.82 Å². The van der Waals surface area contributed by atoms with E-state index in [4.69, 9.17) is 14.0 Å². The smallest absolute Gasteiger partial charge is 0.414 e. The molecule has 0 saturated carbocycles. The number of anilines is 3. The van der Waals surface area contributed by atoms with Gasteiger partial charge < -0.3 is 19.4 Å². The van der Waals surface area contributed by atoms with Crippen molar-refractivity contribution in [1.82, 2.24) is 15.4 Å². The number of hydroxylamine groups is 2. The van der Waals surface area contributed by atoms with Crippen molar-refractivity contribution in [2.75, 3.05) is 54.4 Å². The summed E-state index contributed by atoms with van der Waals surface area (Å²) in [6.07, 6.45) is -2.14. The molecule has 2 aromatic rings. The Morgan fingerprint density at radius 1 is 1.23 bits per heavy atom. The van der Waals surface area contributed by atoms with Gasteiger partial charge in [0.15, 0.2) is 0 Å². The van der Waals surface area contributed by atoms with Gasteiger partial charge in [0.2, 0.25) is 0 Å². The van der Waals surface area contributed by atoms with E-state index in [1.807, 2.05) is 5.32 Å². The van der Waals surface area contributed by atoms with Crippen LogP contribution < -0.4 is 20.4 Å². The van der Waals surface area contributed by atoms with Crippen LogP contribution in [-0.2, 0) is 14.4 Å². The lowest BCUT2D eigenvalue weighted by Gasteiger charge is -2.23. The van der Waals surface area contributed by atoms with Crippen molar-refractivity contribution in [2.45, 2.75) is 12.5 Å². The molecule has 4 amide bonds. The molecule has 1 atom stereocenters. The minimum atomic E-state index is -3.18. The monoisotopic (exact) mass is 498 g/mol. The molecule has 1 aromatic heterocycles. The molecule has 1 aromatic carbocycles. The van der Waals surface area contributed by atoms with Gasteiger partial charge in [-0.15, -0.1) is 0 Å². The molecule has 4 rings (SSSR count). The first kappa shape index (κ1) is 24.1. The van der Waals surface area contributed by atoms with Crippen molar-refractivity contribution in [3.63, 3.8) is 0 Å². The van der Waals surface area contributed by atoms with Crippen LogP contribution >= 0.6 is 0 Å². The maximum atomic E-state index is 15.0. The summed E-state index contributed by atoms with van der Waals surface area (Å²) in [4.78, 5) is 47.5. The van der Waals surface area contributed by atoms with E-state index < -0.39 is 36.4 Å². The van der Waals surface area contributed by atoms with Crippen molar-refractivity contribution in [3.05, 3.63) is 36.5 Å². The molecule has 0 bridgehead atoms. The van der Waals surface area contributed by atoms with Crippen LogP contribution in [0.5, 0.6) is 0 Å². The van der Waals surface area contributed by atoms with Gasteiger partial charge in [0.05, 0.1) is 43.8 Å². The molecule has 2 saturated heterocycles. The molecule has 0 aliphatic carbocycles. The number of urea groups is 1. The zero-order chi connectivity index (χ0) is 24.9. The number of halogens is 3. The molecular formula is C20H21F3N6O6. The predicted molar refractivity (Wildman–Crippen MR) is 113 cm³/mol. The van der Waals surface area contributed by atoms with E-state index >= 15 is 0 Å². The van der Waals surface area contributed by atoms with E-state index in [9.17, 15) is 27.6 Å². The number of carbonyl (C=O) groups excluding carboxylic acids is 3. The molecular weight excluding hydrogens is 477 g/mol. The summed E-state index contributed by atoms with van der Waals surface area (Å²) in [7, 11) is 0. The number of rotatable bonds is 6. The Kier molecular flexibility index (Phi) is 7.24. The lowest BCUT2D eigenvalue weighted by Crippen LogP contribution is -2.37. The summed E-state index contributed by atoms with van der Waals surface area (Å²) in [6, 6.07) is 3.57. The summed E-state index contributed by atoms with van der Waals surface area (Å²) in [6.45, 7) is 0.430. The van der Waals surface area contributed by atoms with E-state index in [-0.39, 0.29) is 56.7 Å². The number of oxazole rings is 1. The van der Waals surface area contributed by atoms with Crippen molar-refractivity contribution in [1.29, 1.82) is 0 Å². The second kappa shape index (κ2) is 10.5. The number of benzene rings is 1. The molecule has 2 aliphatic rings. The highest BCUT2D eigenvalue weighted by molar-refractivity contribution is 5.90. The number of amides is 4. The van der Waals surface area contributed by atoms with Crippen LogP contribution in [0.1, 0.15) is 0 Å². The number of nitrogens with zero attached hydrogens (tertiary/aromatic N) is 4. The largest absolute Gasteiger partial charge is 0.442 e. The first-order valence-electron chi connectivity index (χ1n) is 10.5. The Bertz CT molecular complexity index is 1070. The second-order valence-electron chi connectivity index (χ2n) is 7.49. The van der Waals surface area contributed by atoms with Crippen LogP contribution in [0.25, 0.3) is 0 Å². The minimum absolute atomic E-state index is 0.0143. The third-order valence-electron chi connectivity index (χ3n) is 5.21. The maximum absolute atomic E-state index is 15.0. The summed E-state index contributed by atoms with van der Waals surface area (Å²) in [5, 5.41) is 5.50. The molecule has 12 nitrogen and oxygen atoms in total. The van der Waals surface area contributed by atoms with E-state index in [1.54, 1.807) is 4.90 Å². The molecule has 2 N–H and O–H groups in total. The fourth-order valence-electron chi connectivity index (χ4n) is 3.54. The van der Waals surface area contributed by atoms with E-state index in [0.717, 1.165) is 16.0 Å². The Balaban J connectivity index is 1.35. The fraction of sp³-hybridized carbons (Fsp3) is 0.400. The number of aromatic nitrogens is 1. The van der Waals surface area contributed by atoms with Gasteiger partial charge in [-0.05, 0) is 18.2 Å². The normalized spacial score (nSPS) is 18.5. The number of hydrogen-bond donors (Lipinski definition) is 2. The van der Waals surface area contributed by atoms with Gasteiger partial charge in [0, 0.05) is 13.1 Å². The number of hydrogen-bond acceptors (Lipinski definition) is 8. The zero-order valence-electron chi connectivity index (χ0n) is 18.2. The van der Waals surface area contributed by atoms with E-state index in [0.29, 0.717) is 0 Å². The van der Waals surface area contributed by atoms with Crippen LogP contribution in [0.15, 0.2) is 35.1 Å². The Labute approximate surface area is 196 Å². The molecule has 2 fully saturated rings. The Hall–Kier alpha value is -4.01. The standard InChI is InChI=1S/C20H21F3N6O6/c21-14-9-12(28-11-13(35-20(28)32)10-25-17(30)16(22)23)1-2-15(14)27-4-5-29(34-8-6-27)19(31)26-18-24-3-7-33-18/h1-3,7,9,13,16H,4-6,8,10-11H2,(H,25,30)(H,24,26,31)/t13-/m0/s1. The molecule has 35 heavy (non-hydrogen) atoms. The van der Waals surface area contributed by atoms with Crippen molar-refractivity contribution in [3.8, 4) is 0 Å². The van der Waals surface area contributed by atoms with Crippen molar-refractivity contribution in [2.24, 2.45) is 0 Å². The average molecular weight is 498 g/mol. The maximum Gasteiger partial charge on any atom is 0.414 e. The van der Waals surface area contributed by atoms with Crippen LogP contribution in [0.4, 0.5) is 40.1 Å². The van der Waals surface area contributed by atoms with E-state index in [1.165, 1.54) is 24.6 Å². The number of ether oxygens (including phenoxy) is 1. The van der Waals surface area contributed by atoms with E-state index in [2.05, 4.69) is 10.3 Å². The molecule has 0 spiro atoms. The molecule has 0 radical (unpaired) electrons. The average Bonchev–Trinajstić information content (AvgIpc) is 3.39. The zero-order valence-corrected chi connectivity index (χ0v) is 18.2. The predicted octanol–water partition coefficient (Wildman–Crippen LogP) is 1.81. The van der Waals surface area contributed by atoms with Gasteiger partial charge in [-0.3, -0.25) is 19.8 Å². The van der Waals surface area contributed by atoms with Gasteiger partial charge in [-0.2, -0.15) is 8.78 Å². The summed E-state index contributed by atoms with van der Waals surface area (Å²) >= 11 is 0. The fourth-order valence-corrected chi connectivity index (χ4v) is 3.54. The molecule has 0 unspecified atom stereocenters. The number of cyclic esters (lactones) is 1. The van der Waals surface area contributed by atoms with Gasteiger partial charge in [-0.25, -0.2) is 24.0 Å². The van der Waals surface area contributed by atoms with Gasteiger partial charge in [-0.1, -0.05) is 0 Å². The van der Waals surface area contributed by atoms with Crippen molar-refractivity contribution < 1.29 is 41.5 Å². The van der Waals surface area contributed by atoms with Gasteiger partial charge in [0.1, 0.15) is 18.2 Å². The summed E-state index contributed by atoms with van der Waals surface area (Å²) in [5.41, 5.74) is 0.442. The number of carbonyl (C=O) groups is 3. The number of nitrogens with one attached hydrogen (secondary N) is 2. The highest BCUT2D eigenvalue weighted by Gasteiger charge is 2.33. The third-order valence-corrected chi connectivity index (χ3v) is 5.21. The van der Waals surface area contributed by atoms with Gasteiger partial charge >= 0.3 is 24.6 Å². The first-order chi connectivity index (χ1) is 16.8. The first-order valence-corrected chi connectivity index (χ1v) is 10.5. The van der Waals surface area contributed by atoms with Crippen LogP contribution in [0.3, 0.4) is 0 Å². The molecule has 2 aliphatic heterocycles. The Morgan fingerprint density at radius 3 is 2.77 bits per heavy atom. The second-order valence-corrected chi connectivity index (χ2v) is 7.49. The quantitative estimate of drug-likeness (QED) is 0.617. The third kappa shape index (κ3) is 5.74. The summed E-state index contributed by atoms with van der Waals surface area (Å²) in [5.74, 6) is -2.09. The highest BCUT2D eigenvalue weighted by atomic mass is 19.3. The van der Waals surface area contributed by atoms with Crippen molar-refractivity contribution >= 4 is 35.4 Å². The lowest BCUT2D eigenvalue weighted by atomic mass is 10.2. The SMILES string of the molecule is O=C(NC[C@H]1CN(c2ccc(N3CCON(C(=O)Nc4ncco4)CC3)c(F)c2)C(=O)O1)C(F)F.